The third-order valence-electron chi connectivity index (χ3n) is 0.441. The molecule has 0 aromatic rings. The molecule has 0 heterocycles. The molecule has 0 saturated heterocycles. The molecule has 0 atom stereocenters. The van der Waals surface area contributed by atoms with Crippen LogP contribution in [-0.2, 0) is 0 Å². The Morgan fingerprint density at radius 3 is 1.50 bits per heavy atom. The molecule has 0 aromatic heterocycles. The Labute approximate surface area is 50.5 Å². The van der Waals surface area contributed by atoms with Gasteiger partial charge in [0.25, 0.3) is 0 Å². The van der Waals surface area contributed by atoms with E-state index >= 15 is 0 Å². The molecule has 0 aromatic carbocycles. The van der Waals surface area contributed by atoms with Gasteiger partial charge in [0.05, 0.1) is 0 Å². The van der Waals surface area contributed by atoms with Crippen LogP contribution in [-0.4, -0.2) is 25.0 Å². The summed E-state index contributed by atoms with van der Waals surface area (Å²) in [6.07, 6.45) is 0. The fourth-order valence-electron chi connectivity index (χ4n) is 0. The van der Waals surface area contributed by atoms with Crippen molar-refractivity contribution in [2.24, 2.45) is 5.73 Å². The first-order chi connectivity index (χ1) is 3.64. The number of urea groups is 1. The third-order valence-corrected chi connectivity index (χ3v) is 0.441. The van der Waals surface area contributed by atoms with Gasteiger partial charge in [-0.3, -0.25) is 0 Å². The van der Waals surface area contributed by atoms with E-state index in [1.54, 1.807) is 14.1 Å². The molecule has 3 nitrogen and oxygen atoms in total. The highest BCUT2D eigenvalue weighted by molar-refractivity contribution is 5.71. The second-order valence-corrected chi connectivity index (χ2v) is 1.23. The van der Waals surface area contributed by atoms with Crippen LogP contribution in [0.1, 0.15) is 13.8 Å². The van der Waals surface area contributed by atoms with Gasteiger partial charge in [0.15, 0.2) is 0 Å². The van der Waals surface area contributed by atoms with Crippen molar-refractivity contribution < 1.29 is 4.79 Å². The second kappa shape index (κ2) is 6.27. The molecule has 8 heavy (non-hydrogen) atoms. The maximum Gasteiger partial charge on any atom is 0.314 e. The Morgan fingerprint density at radius 1 is 1.38 bits per heavy atom. The van der Waals surface area contributed by atoms with E-state index in [1.807, 2.05) is 13.8 Å². The molecule has 3 heteroatoms. The maximum atomic E-state index is 9.85. The Morgan fingerprint density at radius 2 is 1.50 bits per heavy atom. The molecular weight excluding hydrogens is 104 g/mol. The smallest absolute Gasteiger partial charge is 0.314 e. The van der Waals surface area contributed by atoms with Crippen LogP contribution in [0.15, 0.2) is 0 Å². The first-order valence-corrected chi connectivity index (χ1v) is 2.61. The van der Waals surface area contributed by atoms with Crippen molar-refractivity contribution in [3.05, 3.63) is 0 Å². The van der Waals surface area contributed by atoms with Crippen molar-refractivity contribution in [2.45, 2.75) is 13.8 Å². The summed E-state index contributed by atoms with van der Waals surface area (Å²) in [5.74, 6) is 0. The van der Waals surface area contributed by atoms with Crippen molar-refractivity contribution in [1.29, 1.82) is 0 Å². The van der Waals surface area contributed by atoms with Crippen LogP contribution >= 0.6 is 0 Å². The van der Waals surface area contributed by atoms with Gasteiger partial charge in [0.2, 0.25) is 0 Å². The zero-order valence-electron chi connectivity index (χ0n) is 5.93. The van der Waals surface area contributed by atoms with Crippen molar-refractivity contribution >= 4 is 6.03 Å². The SMILES string of the molecule is CC.CN(C)C(N)=O. The summed E-state index contributed by atoms with van der Waals surface area (Å²) in [7, 11) is 3.20. The molecule has 2 N–H and O–H groups in total. The van der Waals surface area contributed by atoms with E-state index < -0.39 is 6.03 Å². The van der Waals surface area contributed by atoms with Gasteiger partial charge >= 0.3 is 6.03 Å². The van der Waals surface area contributed by atoms with Crippen molar-refractivity contribution in [1.82, 2.24) is 4.90 Å². The number of rotatable bonds is 0. The summed E-state index contributed by atoms with van der Waals surface area (Å²) < 4.78 is 0. The Bertz CT molecular complexity index is 61.4. The van der Waals surface area contributed by atoms with Crippen molar-refractivity contribution in [3.63, 3.8) is 0 Å². The minimum Gasteiger partial charge on any atom is -0.352 e. The highest BCUT2D eigenvalue weighted by Crippen LogP contribution is 1.65. The van der Waals surface area contributed by atoms with Crippen LogP contribution in [0.4, 0.5) is 4.79 Å². The molecule has 0 unspecified atom stereocenters. The summed E-state index contributed by atoms with van der Waals surface area (Å²) in [6, 6.07) is -0.407. The Hall–Kier alpha value is -0.730. The number of hydrogen-bond donors (Lipinski definition) is 1. The normalized spacial score (nSPS) is 6.50. The summed E-state index contributed by atoms with van der Waals surface area (Å²) in [5, 5.41) is 0. The highest BCUT2D eigenvalue weighted by atomic mass is 16.2. The van der Waals surface area contributed by atoms with Crippen LogP contribution in [0.3, 0.4) is 0 Å². The maximum absolute atomic E-state index is 9.85. The first-order valence-electron chi connectivity index (χ1n) is 2.61. The van der Waals surface area contributed by atoms with E-state index in [4.69, 9.17) is 5.73 Å². The molecule has 2 amide bonds. The van der Waals surface area contributed by atoms with E-state index in [9.17, 15) is 4.79 Å². The van der Waals surface area contributed by atoms with Gasteiger partial charge in [0, 0.05) is 14.1 Å². The van der Waals surface area contributed by atoms with E-state index in [0.717, 1.165) is 0 Å². The molecular formula is C5H14N2O. The number of hydrogen-bond acceptors (Lipinski definition) is 1. The molecule has 0 rings (SSSR count). The lowest BCUT2D eigenvalue weighted by Crippen LogP contribution is -2.27. The second-order valence-electron chi connectivity index (χ2n) is 1.23. The first kappa shape index (κ1) is 10.3. The number of primary amides is 1. The van der Waals surface area contributed by atoms with E-state index in [0.29, 0.717) is 0 Å². The van der Waals surface area contributed by atoms with Crippen LogP contribution in [0.2, 0.25) is 0 Å². The van der Waals surface area contributed by atoms with Gasteiger partial charge in [-0.05, 0) is 0 Å². The summed E-state index contributed by atoms with van der Waals surface area (Å²) in [4.78, 5) is 11.2. The van der Waals surface area contributed by atoms with Gasteiger partial charge in [-0.1, -0.05) is 13.8 Å². The van der Waals surface area contributed by atoms with E-state index in [2.05, 4.69) is 0 Å². The molecule has 0 bridgehead atoms. The van der Waals surface area contributed by atoms with Gasteiger partial charge in [0.1, 0.15) is 0 Å². The largest absolute Gasteiger partial charge is 0.352 e. The molecule has 0 saturated carbocycles. The zero-order chi connectivity index (χ0) is 7.15. The van der Waals surface area contributed by atoms with Crippen molar-refractivity contribution in [2.75, 3.05) is 14.1 Å². The fraction of sp³-hybridized carbons (Fsp3) is 0.800. The van der Waals surface area contributed by atoms with Crippen LogP contribution in [0, 0.1) is 0 Å². The molecule has 0 aliphatic rings. The lowest BCUT2D eigenvalue weighted by Gasteiger charge is -2.01. The summed E-state index contributed by atoms with van der Waals surface area (Å²) >= 11 is 0. The predicted octanol–water partition coefficient (Wildman–Crippen LogP) is 0.653. The molecule has 50 valence electrons. The topological polar surface area (TPSA) is 46.3 Å². The number of amides is 2. The van der Waals surface area contributed by atoms with Gasteiger partial charge in [-0.25, -0.2) is 4.79 Å². The minimum absolute atomic E-state index is 0.407. The fourth-order valence-corrected chi connectivity index (χ4v) is 0. The Kier molecular flexibility index (Phi) is 8.07. The lowest BCUT2D eigenvalue weighted by molar-refractivity contribution is 0.227. The van der Waals surface area contributed by atoms with Crippen LogP contribution in [0.5, 0.6) is 0 Å². The number of nitrogens with two attached hydrogens (primary N) is 1. The van der Waals surface area contributed by atoms with Gasteiger partial charge in [-0.15, -0.1) is 0 Å². The average molecular weight is 118 g/mol. The van der Waals surface area contributed by atoms with Gasteiger partial charge in [-0.2, -0.15) is 0 Å². The molecule has 0 aliphatic heterocycles. The van der Waals surface area contributed by atoms with E-state index in [-0.39, 0.29) is 0 Å². The quantitative estimate of drug-likeness (QED) is 0.499. The standard InChI is InChI=1S/C3H8N2O.C2H6/c1-5(2)3(4)6;1-2/h1-2H3,(H2,4,6);1-2H3. The molecule has 0 fully saturated rings. The van der Waals surface area contributed by atoms with Crippen LogP contribution < -0.4 is 5.73 Å². The predicted molar refractivity (Wildman–Crippen MR) is 34.6 cm³/mol. The highest BCUT2D eigenvalue weighted by Gasteiger charge is 1.88. The zero-order valence-corrected chi connectivity index (χ0v) is 5.93. The number of carbonyl (C=O) groups excluding carboxylic acids is 1. The Balaban J connectivity index is 0. The van der Waals surface area contributed by atoms with Gasteiger partial charge < -0.3 is 10.6 Å². The van der Waals surface area contributed by atoms with E-state index in [1.165, 1.54) is 4.90 Å². The number of carbonyl (C=O) groups is 1. The molecule has 0 spiro atoms. The monoisotopic (exact) mass is 118 g/mol. The molecule has 0 radical (unpaired) electrons. The average Bonchev–Trinajstić information content (AvgIpc) is 1.72. The molecule has 0 aliphatic carbocycles. The lowest BCUT2D eigenvalue weighted by atomic mass is 10.9. The summed E-state index contributed by atoms with van der Waals surface area (Å²) in [6.45, 7) is 4.00. The van der Waals surface area contributed by atoms with Crippen LogP contribution in [0.25, 0.3) is 0 Å². The minimum atomic E-state index is -0.407. The van der Waals surface area contributed by atoms with Crippen molar-refractivity contribution in [3.8, 4) is 0 Å². The summed E-state index contributed by atoms with van der Waals surface area (Å²) in [5.41, 5.74) is 4.72. The third kappa shape index (κ3) is 8.99. The number of nitrogens with zero attached hydrogens (tertiary/aromatic N) is 1.